The van der Waals surface area contributed by atoms with Crippen molar-refractivity contribution in [2.45, 2.75) is 39.7 Å². The molecule has 1 aromatic rings. The number of methoxy groups -OCH3 is 2. The second-order valence-electron chi connectivity index (χ2n) is 8.04. The quantitative estimate of drug-likeness (QED) is 0.747. The lowest BCUT2D eigenvalue weighted by Crippen LogP contribution is -2.56. The number of likely N-dealkylation sites (tertiary alicyclic amines) is 1. The van der Waals surface area contributed by atoms with Crippen LogP contribution < -0.4 is 14.8 Å². The van der Waals surface area contributed by atoms with Gasteiger partial charge in [0.2, 0.25) is 0 Å². The maximum absolute atomic E-state index is 12.7. The minimum absolute atomic E-state index is 0.0951. The number of hydrogen-bond acceptors (Lipinski definition) is 4. The number of nitrogens with zero attached hydrogens (tertiary/aromatic N) is 1. The van der Waals surface area contributed by atoms with Crippen LogP contribution in [0.3, 0.4) is 0 Å². The fourth-order valence-electron chi connectivity index (χ4n) is 3.67. The molecule has 146 valence electrons. The van der Waals surface area contributed by atoms with Crippen molar-refractivity contribution in [1.82, 2.24) is 10.2 Å². The third-order valence-corrected chi connectivity index (χ3v) is 5.90. The molecule has 0 aliphatic carbocycles. The molecule has 26 heavy (non-hydrogen) atoms. The SMILES string of the molecule is COc1cc(C(=O)NCC(C)(C)N2CC(C)CC(C)C2)cc(OC)c1Br. The molecule has 0 radical (unpaired) electrons. The van der Waals surface area contributed by atoms with Crippen molar-refractivity contribution in [3.63, 3.8) is 0 Å². The third kappa shape index (κ3) is 4.92. The number of ether oxygens (including phenoxy) is 2. The van der Waals surface area contributed by atoms with E-state index in [1.54, 1.807) is 26.4 Å². The zero-order chi connectivity index (χ0) is 19.5. The van der Waals surface area contributed by atoms with E-state index in [1.807, 2.05) is 0 Å². The maximum atomic E-state index is 12.7. The molecule has 0 bridgehead atoms. The largest absolute Gasteiger partial charge is 0.495 e. The van der Waals surface area contributed by atoms with Gasteiger partial charge >= 0.3 is 0 Å². The fourth-order valence-corrected chi connectivity index (χ4v) is 4.22. The molecule has 0 aromatic heterocycles. The summed E-state index contributed by atoms with van der Waals surface area (Å²) in [6, 6.07) is 3.44. The van der Waals surface area contributed by atoms with Crippen LogP contribution in [0.1, 0.15) is 44.5 Å². The number of hydrogen-bond donors (Lipinski definition) is 1. The van der Waals surface area contributed by atoms with Crippen molar-refractivity contribution >= 4 is 21.8 Å². The summed E-state index contributed by atoms with van der Waals surface area (Å²) in [6.45, 7) is 11.7. The molecule has 6 heteroatoms. The van der Waals surface area contributed by atoms with Crippen LogP contribution in [0.2, 0.25) is 0 Å². The van der Waals surface area contributed by atoms with Crippen LogP contribution in [0.25, 0.3) is 0 Å². The zero-order valence-corrected chi connectivity index (χ0v) is 18.3. The van der Waals surface area contributed by atoms with Gasteiger partial charge in [0.05, 0.1) is 14.2 Å². The molecular formula is C20H31BrN2O3. The first-order chi connectivity index (χ1) is 12.2. The van der Waals surface area contributed by atoms with Gasteiger partial charge in [0.1, 0.15) is 16.0 Å². The number of benzene rings is 1. The van der Waals surface area contributed by atoms with Gasteiger partial charge in [-0.3, -0.25) is 9.69 Å². The van der Waals surface area contributed by atoms with Gasteiger partial charge in [-0.25, -0.2) is 0 Å². The fraction of sp³-hybridized carbons (Fsp3) is 0.650. The summed E-state index contributed by atoms with van der Waals surface area (Å²) < 4.78 is 11.4. The van der Waals surface area contributed by atoms with Crippen molar-refractivity contribution in [3.05, 3.63) is 22.2 Å². The molecular weight excluding hydrogens is 396 g/mol. The molecule has 1 aliphatic rings. The van der Waals surface area contributed by atoms with E-state index in [9.17, 15) is 4.79 Å². The first kappa shape index (κ1) is 21.0. The predicted molar refractivity (Wildman–Crippen MR) is 108 cm³/mol. The Labute approximate surface area is 165 Å². The van der Waals surface area contributed by atoms with Gasteiger partial charge in [0.25, 0.3) is 5.91 Å². The summed E-state index contributed by atoms with van der Waals surface area (Å²) >= 11 is 3.43. The topological polar surface area (TPSA) is 50.8 Å². The molecule has 1 N–H and O–H groups in total. The van der Waals surface area contributed by atoms with Gasteiger partial charge in [-0.15, -0.1) is 0 Å². The zero-order valence-electron chi connectivity index (χ0n) is 16.7. The van der Waals surface area contributed by atoms with E-state index in [1.165, 1.54) is 6.42 Å². The van der Waals surface area contributed by atoms with E-state index < -0.39 is 0 Å². The number of carbonyl (C=O) groups is 1. The van der Waals surface area contributed by atoms with Crippen LogP contribution in [0.15, 0.2) is 16.6 Å². The molecule has 1 fully saturated rings. The lowest BCUT2D eigenvalue weighted by atomic mass is 9.88. The van der Waals surface area contributed by atoms with Crippen LogP contribution in [-0.4, -0.2) is 50.2 Å². The Hall–Kier alpha value is -1.27. The van der Waals surface area contributed by atoms with E-state index in [-0.39, 0.29) is 11.4 Å². The summed E-state index contributed by atoms with van der Waals surface area (Å²) in [4.78, 5) is 15.2. The third-order valence-electron chi connectivity index (χ3n) is 5.11. The molecule has 1 heterocycles. The van der Waals surface area contributed by atoms with Crippen molar-refractivity contribution in [1.29, 1.82) is 0 Å². The normalized spacial score (nSPS) is 21.3. The minimum Gasteiger partial charge on any atom is -0.495 e. The lowest BCUT2D eigenvalue weighted by Gasteiger charge is -2.45. The standard InChI is InChI=1S/C20H31BrN2O3/c1-13-7-14(2)11-23(10-13)20(3,4)12-22-19(24)15-8-16(25-5)18(21)17(9-15)26-6/h8-9,13-14H,7,10-12H2,1-6H3,(H,22,24). The van der Waals surface area contributed by atoms with Gasteiger partial charge in [-0.1, -0.05) is 13.8 Å². The molecule has 1 aliphatic heterocycles. The Balaban J connectivity index is 2.08. The van der Waals surface area contributed by atoms with Crippen LogP contribution >= 0.6 is 15.9 Å². The first-order valence-corrected chi connectivity index (χ1v) is 9.92. The second-order valence-corrected chi connectivity index (χ2v) is 8.83. The molecule has 2 atom stereocenters. The molecule has 2 rings (SSSR count). The molecule has 1 saturated heterocycles. The molecule has 1 aromatic carbocycles. The lowest BCUT2D eigenvalue weighted by molar-refractivity contribution is 0.0445. The van der Waals surface area contributed by atoms with E-state index in [2.05, 4.69) is 53.8 Å². The van der Waals surface area contributed by atoms with Gasteiger partial charge in [-0.05, 0) is 60.2 Å². The van der Waals surface area contributed by atoms with Crippen LogP contribution in [-0.2, 0) is 0 Å². The van der Waals surface area contributed by atoms with Crippen molar-refractivity contribution < 1.29 is 14.3 Å². The molecule has 1 amide bonds. The highest BCUT2D eigenvalue weighted by Gasteiger charge is 2.33. The van der Waals surface area contributed by atoms with E-state index >= 15 is 0 Å². The van der Waals surface area contributed by atoms with Gasteiger partial charge in [-0.2, -0.15) is 0 Å². The molecule has 0 saturated carbocycles. The number of amides is 1. The highest BCUT2D eigenvalue weighted by atomic mass is 79.9. The number of halogens is 1. The van der Waals surface area contributed by atoms with Crippen molar-refractivity contribution in [3.8, 4) is 11.5 Å². The van der Waals surface area contributed by atoms with Gasteiger partial charge < -0.3 is 14.8 Å². The summed E-state index contributed by atoms with van der Waals surface area (Å²) in [7, 11) is 3.14. The van der Waals surface area contributed by atoms with E-state index in [0.717, 1.165) is 13.1 Å². The summed E-state index contributed by atoms with van der Waals surface area (Å²) in [5, 5.41) is 3.08. The van der Waals surface area contributed by atoms with E-state index in [4.69, 9.17) is 9.47 Å². The smallest absolute Gasteiger partial charge is 0.251 e. The van der Waals surface area contributed by atoms with Gasteiger partial charge in [0, 0.05) is 30.7 Å². The highest BCUT2D eigenvalue weighted by Crippen LogP contribution is 2.35. The Morgan fingerprint density at radius 1 is 1.19 bits per heavy atom. The Morgan fingerprint density at radius 3 is 2.15 bits per heavy atom. The average molecular weight is 427 g/mol. The van der Waals surface area contributed by atoms with Crippen molar-refractivity contribution in [2.24, 2.45) is 11.8 Å². The molecule has 5 nitrogen and oxygen atoms in total. The monoisotopic (exact) mass is 426 g/mol. The van der Waals surface area contributed by atoms with Crippen LogP contribution in [0.4, 0.5) is 0 Å². The summed E-state index contributed by atoms with van der Waals surface area (Å²) in [5.74, 6) is 2.41. The summed E-state index contributed by atoms with van der Waals surface area (Å²) in [6.07, 6.45) is 1.28. The Morgan fingerprint density at radius 2 is 1.69 bits per heavy atom. The van der Waals surface area contributed by atoms with Crippen LogP contribution in [0, 0.1) is 11.8 Å². The number of carbonyl (C=O) groups excluding carboxylic acids is 1. The van der Waals surface area contributed by atoms with E-state index in [0.29, 0.717) is 39.9 Å². The second kappa shape index (κ2) is 8.61. The summed E-state index contributed by atoms with van der Waals surface area (Å²) in [5.41, 5.74) is 0.431. The maximum Gasteiger partial charge on any atom is 0.251 e. The Bertz CT molecular complexity index is 613. The minimum atomic E-state index is -0.125. The number of rotatable bonds is 6. The number of nitrogens with one attached hydrogen (secondary N) is 1. The molecule has 0 spiro atoms. The first-order valence-electron chi connectivity index (χ1n) is 9.12. The van der Waals surface area contributed by atoms with Crippen molar-refractivity contribution in [2.75, 3.05) is 33.9 Å². The van der Waals surface area contributed by atoms with Crippen LogP contribution in [0.5, 0.6) is 11.5 Å². The molecule has 2 unspecified atom stereocenters. The average Bonchev–Trinajstić information content (AvgIpc) is 2.59. The number of piperidine rings is 1. The van der Waals surface area contributed by atoms with Gasteiger partial charge in [0.15, 0.2) is 0 Å². The predicted octanol–water partition coefficient (Wildman–Crippen LogP) is 3.95. The highest BCUT2D eigenvalue weighted by molar-refractivity contribution is 9.10. The Kier molecular flexibility index (Phi) is 6.97.